The minimum Gasteiger partial charge on any atom is -0.340 e. The highest BCUT2D eigenvalue weighted by atomic mass is 35.5. The quantitative estimate of drug-likeness (QED) is 0.669. The first-order valence-corrected chi connectivity index (χ1v) is 11.2. The molecule has 1 heterocycles. The first kappa shape index (κ1) is 23.1. The number of nitrogens with one attached hydrogen (secondary N) is 2. The molecule has 0 saturated carbocycles. The second kappa shape index (κ2) is 11.2. The lowest BCUT2D eigenvalue weighted by Crippen LogP contribution is -2.49. The molecule has 0 aromatic heterocycles. The van der Waals surface area contributed by atoms with Crippen molar-refractivity contribution in [2.24, 2.45) is 5.92 Å². The summed E-state index contributed by atoms with van der Waals surface area (Å²) in [5, 5.41) is 6.37. The fourth-order valence-electron chi connectivity index (χ4n) is 3.52. The normalized spacial score (nSPS) is 15.4. The molecule has 1 aliphatic heterocycles. The van der Waals surface area contributed by atoms with Crippen LogP contribution in [0.25, 0.3) is 0 Å². The van der Waals surface area contributed by atoms with E-state index in [0.717, 1.165) is 50.4 Å². The maximum atomic E-state index is 12.3. The van der Waals surface area contributed by atoms with Gasteiger partial charge in [-0.15, -0.1) is 0 Å². The average Bonchev–Trinajstić information content (AvgIpc) is 2.79. The summed E-state index contributed by atoms with van der Waals surface area (Å²) < 4.78 is 0. The van der Waals surface area contributed by atoms with Crippen LogP contribution in [0.1, 0.15) is 31.4 Å². The average molecular weight is 443 g/mol. The third-order valence-corrected chi connectivity index (χ3v) is 5.95. The molecule has 1 atom stereocenters. The predicted octanol–water partition coefficient (Wildman–Crippen LogP) is 4.35. The fraction of sp³-hybridized carbons (Fsp3) is 0.417. The van der Waals surface area contributed by atoms with Gasteiger partial charge in [0.1, 0.15) is 0 Å². The number of halogens is 1. The number of hydrogen-bond donors (Lipinski definition) is 2. The largest absolute Gasteiger partial charge is 0.340 e. The third kappa shape index (κ3) is 6.97. The van der Waals surface area contributed by atoms with Crippen molar-refractivity contribution in [2.45, 2.75) is 33.4 Å². The monoisotopic (exact) mass is 442 g/mol. The van der Waals surface area contributed by atoms with E-state index in [2.05, 4.69) is 22.5 Å². The van der Waals surface area contributed by atoms with E-state index in [-0.39, 0.29) is 17.9 Å². The van der Waals surface area contributed by atoms with Crippen LogP contribution >= 0.6 is 11.6 Å². The maximum Gasteiger partial charge on any atom is 0.319 e. The van der Waals surface area contributed by atoms with Gasteiger partial charge in [-0.05, 0) is 41.8 Å². The number of carbonyl (C=O) groups is 2. The number of anilines is 1. The van der Waals surface area contributed by atoms with Gasteiger partial charge in [-0.25, -0.2) is 4.79 Å². The van der Waals surface area contributed by atoms with E-state index in [9.17, 15) is 9.59 Å². The molecule has 166 valence electrons. The van der Waals surface area contributed by atoms with Gasteiger partial charge in [0.05, 0.1) is 0 Å². The van der Waals surface area contributed by atoms with Crippen LogP contribution in [-0.2, 0) is 17.9 Å². The zero-order chi connectivity index (χ0) is 22.2. The SMILES string of the molecule is CCC(C)C(=O)N1CCN(Cc2ccc(NC(=O)NCc3ccc(Cl)cc3)cc2)CC1. The van der Waals surface area contributed by atoms with Crippen LogP contribution in [-0.4, -0.2) is 47.9 Å². The van der Waals surface area contributed by atoms with Gasteiger partial charge in [0.25, 0.3) is 0 Å². The van der Waals surface area contributed by atoms with E-state index in [4.69, 9.17) is 11.6 Å². The molecule has 6 nitrogen and oxygen atoms in total. The lowest BCUT2D eigenvalue weighted by Gasteiger charge is -2.36. The predicted molar refractivity (Wildman–Crippen MR) is 125 cm³/mol. The van der Waals surface area contributed by atoms with Crippen molar-refractivity contribution in [2.75, 3.05) is 31.5 Å². The molecule has 0 aliphatic carbocycles. The highest BCUT2D eigenvalue weighted by molar-refractivity contribution is 6.30. The summed E-state index contributed by atoms with van der Waals surface area (Å²) in [5.74, 6) is 0.377. The first-order valence-electron chi connectivity index (χ1n) is 10.8. The van der Waals surface area contributed by atoms with Gasteiger partial charge >= 0.3 is 6.03 Å². The molecule has 0 spiro atoms. The van der Waals surface area contributed by atoms with E-state index in [0.29, 0.717) is 11.6 Å². The molecule has 1 fully saturated rings. The van der Waals surface area contributed by atoms with E-state index < -0.39 is 0 Å². The van der Waals surface area contributed by atoms with Crippen molar-refractivity contribution in [1.29, 1.82) is 0 Å². The smallest absolute Gasteiger partial charge is 0.319 e. The Balaban J connectivity index is 1.41. The lowest BCUT2D eigenvalue weighted by molar-refractivity contribution is -0.136. The van der Waals surface area contributed by atoms with Crippen LogP contribution in [0.4, 0.5) is 10.5 Å². The Morgan fingerprint density at radius 1 is 0.968 bits per heavy atom. The van der Waals surface area contributed by atoms with Crippen molar-refractivity contribution < 1.29 is 9.59 Å². The minimum absolute atomic E-state index is 0.106. The minimum atomic E-state index is -0.246. The Kier molecular flexibility index (Phi) is 8.32. The molecular formula is C24H31ClN4O2. The zero-order valence-corrected chi connectivity index (χ0v) is 19.0. The van der Waals surface area contributed by atoms with Gasteiger partial charge in [0.15, 0.2) is 0 Å². The summed E-state index contributed by atoms with van der Waals surface area (Å²) in [6, 6.07) is 15.0. The summed E-state index contributed by atoms with van der Waals surface area (Å²) >= 11 is 5.87. The number of hydrogen-bond acceptors (Lipinski definition) is 3. The number of urea groups is 1. The van der Waals surface area contributed by atoms with Gasteiger partial charge in [-0.3, -0.25) is 9.69 Å². The summed E-state index contributed by atoms with van der Waals surface area (Å²) in [7, 11) is 0. The van der Waals surface area contributed by atoms with Crippen molar-refractivity contribution in [1.82, 2.24) is 15.1 Å². The maximum absolute atomic E-state index is 12.3. The Morgan fingerprint density at radius 3 is 2.19 bits per heavy atom. The molecule has 1 aliphatic rings. The first-order chi connectivity index (χ1) is 14.9. The second-order valence-electron chi connectivity index (χ2n) is 8.04. The van der Waals surface area contributed by atoms with Crippen molar-refractivity contribution in [3.8, 4) is 0 Å². The van der Waals surface area contributed by atoms with Gasteiger partial charge in [-0.2, -0.15) is 0 Å². The Hall–Kier alpha value is -2.57. The van der Waals surface area contributed by atoms with E-state index >= 15 is 0 Å². The van der Waals surface area contributed by atoms with Gasteiger partial charge in [0.2, 0.25) is 5.91 Å². The van der Waals surface area contributed by atoms with Crippen molar-refractivity contribution in [3.63, 3.8) is 0 Å². The number of nitrogens with zero attached hydrogens (tertiary/aromatic N) is 2. The summed E-state index contributed by atoms with van der Waals surface area (Å²) in [4.78, 5) is 28.8. The number of rotatable bonds is 7. The van der Waals surface area contributed by atoms with Crippen LogP contribution < -0.4 is 10.6 Å². The van der Waals surface area contributed by atoms with E-state index in [1.165, 1.54) is 5.56 Å². The second-order valence-corrected chi connectivity index (χ2v) is 8.48. The van der Waals surface area contributed by atoms with Crippen LogP contribution in [0, 0.1) is 5.92 Å². The Bertz CT molecular complexity index is 862. The van der Waals surface area contributed by atoms with E-state index in [1.54, 1.807) is 12.1 Å². The number of carbonyl (C=O) groups excluding carboxylic acids is 2. The summed E-state index contributed by atoms with van der Waals surface area (Å²) in [6.07, 6.45) is 0.887. The molecule has 3 amide bonds. The van der Waals surface area contributed by atoms with Crippen LogP contribution in [0.2, 0.25) is 5.02 Å². The number of piperazine rings is 1. The molecule has 0 radical (unpaired) electrons. The van der Waals surface area contributed by atoms with Crippen molar-refractivity contribution in [3.05, 3.63) is 64.7 Å². The molecule has 1 unspecified atom stereocenters. The topological polar surface area (TPSA) is 64.7 Å². The highest BCUT2D eigenvalue weighted by Crippen LogP contribution is 2.15. The van der Waals surface area contributed by atoms with Gasteiger partial charge < -0.3 is 15.5 Å². The van der Waals surface area contributed by atoms with Crippen LogP contribution in [0.5, 0.6) is 0 Å². The molecule has 2 N–H and O–H groups in total. The summed E-state index contributed by atoms with van der Waals surface area (Å²) in [5.41, 5.74) is 2.93. The zero-order valence-electron chi connectivity index (χ0n) is 18.2. The molecule has 3 rings (SSSR count). The van der Waals surface area contributed by atoms with Gasteiger partial charge in [-0.1, -0.05) is 49.7 Å². The molecular weight excluding hydrogens is 412 g/mol. The Morgan fingerprint density at radius 2 is 1.58 bits per heavy atom. The standard InChI is InChI=1S/C24H31ClN4O2/c1-3-18(2)23(30)29-14-12-28(13-15-29)17-20-6-10-22(11-7-20)27-24(31)26-16-19-4-8-21(25)9-5-19/h4-11,18H,3,12-17H2,1-2H3,(H2,26,27,31). The van der Waals surface area contributed by atoms with E-state index in [1.807, 2.05) is 48.2 Å². The molecule has 2 aromatic carbocycles. The molecule has 7 heteroatoms. The molecule has 1 saturated heterocycles. The van der Waals surface area contributed by atoms with Crippen molar-refractivity contribution >= 4 is 29.2 Å². The summed E-state index contributed by atoms with van der Waals surface area (Å²) in [6.45, 7) is 8.68. The molecule has 2 aromatic rings. The lowest BCUT2D eigenvalue weighted by atomic mass is 10.1. The fourth-order valence-corrected chi connectivity index (χ4v) is 3.65. The van der Waals surface area contributed by atoms with Crippen LogP contribution in [0.3, 0.4) is 0 Å². The van der Waals surface area contributed by atoms with Gasteiger partial charge in [0, 0.05) is 55.9 Å². The van der Waals surface area contributed by atoms with Crippen LogP contribution in [0.15, 0.2) is 48.5 Å². The third-order valence-electron chi connectivity index (χ3n) is 5.70. The molecule has 31 heavy (non-hydrogen) atoms. The molecule has 0 bridgehead atoms. The highest BCUT2D eigenvalue weighted by Gasteiger charge is 2.23. The number of benzene rings is 2. The number of amides is 3. The Labute approximate surface area is 189 Å².